The van der Waals surface area contributed by atoms with Crippen molar-refractivity contribution in [3.05, 3.63) is 35.0 Å². The number of rotatable bonds is 4. The van der Waals surface area contributed by atoms with Crippen molar-refractivity contribution < 1.29 is 9.59 Å². The van der Waals surface area contributed by atoms with Crippen molar-refractivity contribution in [1.82, 2.24) is 14.5 Å². The van der Waals surface area contributed by atoms with E-state index in [1.165, 1.54) is 16.5 Å². The first-order chi connectivity index (χ1) is 13.5. The summed E-state index contributed by atoms with van der Waals surface area (Å²) in [4.78, 5) is 29.2. The van der Waals surface area contributed by atoms with Gasteiger partial charge < -0.3 is 9.80 Å². The van der Waals surface area contributed by atoms with Gasteiger partial charge in [-0.2, -0.15) is 0 Å². The fraction of sp³-hybridized carbons (Fsp3) is 0.545. The second kappa shape index (κ2) is 7.24. The van der Waals surface area contributed by atoms with Crippen LogP contribution < -0.4 is 5.43 Å². The predicted octanol–water partition coefficient (Wildman–Crippen LogP) is 3.58. The average molecular weight is 383 g/mol. The van der Waals surface area contributed by atoms with Crippen molar-refractivity contribution in [3.63, 3.8) is 0 Å². The van der Waals surface area contributed by atoms with E-state index in [4.69, 9.17) is 0 Å². The molecule has 150 valence electrons. The van der Waals surface area contributed by atoms with Crippen molar-refractivity contribution in [2.75, 3.05) is 32.1 Å². The highest BCUT2D eigenvalue weighted by atomic mass is 16.2. The number of piperidine rings is 1. The number of amides is 2. The van der Waals surface area contributed by atoms with E-state index in [1.807, 2.05) is 30.7 Å². The number of ketones is 1. The Kier molecular flexibility index (Phi) is 4.91. The van der Waals surface area contributed by atoms with Gasteiger partial charge in [-0.15, -0.1) is 0 Å². The van der Waals surface area contributed by atoms with Gasteiger partial charge >= 0.3 is 6.03 Å². The van der Waals surface area contributed by atoms with Crippen molar-refractivity contribution in [3.8, 4) is 0 Å². The van der Waals surface area contributed by atoms with Crippen LogP contribution in [0.3, 0.4) is 0 Å². The number of nitrogens with zero attached hydrogens (tertiary/aromatic N) is 3. The summed E-state index contributed by atoms with van der Waals surface area (Å²) < 4.78 is 1.86. The molecular formula is C22H30N4O2. The van der Waals surface area contributed by atoms with Gasteiger partial charge in [-0.05, 0) is 76.9 Å². The number of likely N-dealkylation sites (tertiary alicyclic amines) is 1. The molecular weight excluding hydrogens is 352 g/mol. The van der Waals surface area contributed by atoms with Crippen LogP contribution in [-0.4, -0.2) is 59.0 Å². The lowest BCUT2D eigenvalue weighted by atomic mass is 9.73. The maximum Gasteiger partial charge on any atom is 0.336 e. The summed E-state index contributed by atoms with van der Waals surface area (Å²) in [5.74, 6) is 0.500. The number of carbonyl (C=O) groups excluding carboxylic acids is 2. The Morgan fingerprint density at radius 3 is 2.68 bits per heavy atom. The smallest absolute Gasteiger partial charge is 0.324 e. The number of Topliss-reactive ketones (excluding diaryl/α,β-unsaturated/α-hetero) is 1. The molecule has 1 aromatic carbocycles. The number of hydrogen-bond acceptors (Lipinski definition) is 3. The maximum atomic E-state index is 12.6. The van der Waals surface area contributed by atoms with Crippen molar-refractivity contribution in [1.29, 1.82) is 0 Å². The third-order valence-electron chi connectivity index (χ3n) is 6.59. The van der Waals surface area contributed by atoms with Crippen LogP contribution in [0, 0.1) is 0 Å². The van der Waals surface area contributed by atoms with Crippen LogP contribution in [0.15, 0.2) is 18.3 Å². The topological polar surface area (TPSA) is 57.6 Å². The van der Waals surface area contributed by atoms with Gasteiger partial charge in [0.25, 0.3) is 0 Å². The van der Waals surface area contributed by atoms with Crippen LogP contribution in [0.4, 0.5) is 4.79 Å². The summed E-state index contributed by atoms with van der Waals surface area (Å²) in [7, 11) is 2.19. The zero-order chi connectivity index (χ0) is 20.0. The van der Waals surface area contributed by atoms with Crippen LogP contribution in [0.5, 0.6) is 0 Å². The minimum atomic E-state index is -0.0978. The molecule has 2 aromatic rings. The Bertz CT molecular complexity index is 928. The summed E-state index contributed by atoms with van der Waals surface area (Å²) in [6.45, 7) is 8.06. The number of likely N-dealkylation sites (N-methyl/N-ethyl adjacent to an activating group) is 1. The zero-order valence-corrected chi connectivity index (χ0v) is 17.3. The molecule has 0 spiro atoms. The second-order valence-corrected chi connectivity index (χ2v) is 8.09. The molecule has 6 heteroatoms. The van der Waals surface area contributed by atoms with Gasteiger partial charge in [-0.3, -0.25) is 9.47 Å². The Balaban J connectivity index is 1.85. The highest BCUT2D eigenvalue weighted by molar-refractivity contribution is 6.03. The molecule has 2 heterocycles. The van der Waals surface area contributed by atoms with Gasteiger partial charge in [-0.1, -0.05) is 0 Å². The quantitative estimate of drug-likeness (QED) is 0.823. The van der Waals surface area contributed by atoms with E-state index >= 15 is 0 Å². The molecule has 28 heavy (non-hydrogen) atoms. The van der Waals surface area contributed by atoms with E-state index in [0.29, 0.717) is 25.0 Å². The summed E-state index contributed by atoms with van der Waals surface area (Å²) >= 11 is 0. The highest BCUT2D eigenvalue weighted by Gasteiger charge is 2.38. The van der Waals surface area contributed by atoms with E-state index in [-0.39, 0.29) is 11.8 Å². The van der Waals surface area contributed by atoms with Gasteiger partial charge in [-0.25, -0.2) is 10.2 Å². The number of carbonyl (C=O) groups is 2. The minimum absolute atomic E-state index is 0.0978. The zero-order valence-electron chi connectivity index (χ0n) is 17.3. The number of aromatic nitrogens is 1. The number of urea groups is 1. The Labute approximate surface area is 166 Å². The van der Waals surface area contributed by atoms with Gasteiger partial charge in [0.15, 0.2) is 5.78 Å². The van der Waals surface area contributed by atoms with Gasteiger partial charge in [0.1, 0.15) is 0 Å². The number of benzene rings is 1. The minimum Gasteiger partial charge on any atom is -0.324 e. The molecule has 6 nitrogen and oxygen atoms in total. The molecule has 1 aliphatic carbocycles. The van der Waals surface area contributed by atoms with Crippen LogP contribution in [0.2, 0.25) is 0 Å². The molecule has 2 aliphatic rings. The maximum absolute atomic E-state index is 12.6. The molecule has 1 N–H and O–H groups in total. The second-order valence-electron chi connectivity index (χ2n) is 8.09. The molecule has 0 radical (unpaired) electrons. The summed E-state index contributed by atoms with van der Waals surface area (Å²) in [5.41, 5.74) is 7.29. The molecule has 1 fully saturated rings. The third kappa shape index (κ3) is 2.91. The van der Waals surface area contributed by atoms with Crippen LogP contribution in [-0.2, 0) is 6.42 Å². The molecule has 1 aromatic heterocycles. The Morgan fingerprint density at radius 1 is 1.25 bits per heavy atom. The molecule has 1 saturated heterocycles. The Morgan fingerprint density at radius 2 is 2.00 bits per heavy atom. The third-order valence-corrected chi connectivity index (χ3v) is 6.59. The highest BCUT2D eigenvalue weighted by Crippen LogP contribution is 2.45. The number of hydrogen-bond donors (Lipinski definition) is 1. The molecule has 4 rings (SSSR count). The molecule has 2 amide bonds. The summed E-state index contributed by atoms with van der Waals surface area (Å²) in [6.07, 6.45) is 5.28. The van der Waals surface area contributed by atoms with E-state index in [2.05, 4.69) is 23.6 Å². The fourth-order valence-corrected chi connectivity index (χ4v) is 5.15. The lowest BCUT2D eigenvalue weighted by Gasteiger charge is -2.42. The summed E-state index contributed by atoms with van der Waals surface area (Å²) in [5, 5.41) is 1.17. The first kappa shape index (κ1) is 19.0. The number of nitrogens with one attached hydrogen (secondary N) is 1. The standard InChI is InChI=1S/C22H30N4O2/c1-5-25(6-2)22(28)23-26-13-15-12-19-17(8-7-11-24(19)4)21-16(14(3)27)9-10-18(26)20(15)21/h9-10,13,17,19H,5-8,11-12H2,1-4H3,(H,23,28)/t17-,19+/m0/s1. The average Bonchev–Trinajstić information content (AvgIpc) is 3.02. The summed E-state index contributed by atoms with van der Waals surface area (Å²) in [6, 6.07) is 4.24. The largest absolute Gasteiger partial charge is 0.336 e. The van der Waals surface area contributed by atoms with Crippen molar-refractivity contribution in [2.24, 2.45) is 0 Å². The van der Waals surface area contributed by atoms with Gasteiger partial charge in [0.05, 0.1) is 5.52 Å². The van der Waals surface area contributed by atoms with Crippen molar-refractivity contribution >= 4 is 22.7 Å². The van der Waals surface area contributed by atoms with Crippen LogP contribution in [0.1, 0.15) is 61.0 Å². The molecule has 0 bridgehead atoms. The van der Waals surface area contributed by atoms with Gasteiger partial charge in [0, 0.05) is 42.2 Å². The van der Waals surface area contributed by atoms with Crippen molar-refractivity contribution in [2.45, 2.75) is 52.0 Å². The first-order valence-corrected chi connectivity index (χ1v) is 10.4. The van der Waals surface area contributed by atoms with E-state index < -0.39 is 0 Å². The fourth-order valence-electron chi connectivity index (χ4n) is 5.15. The number of fused-ring (bicyclic) bond motifs is 2. The molecule has 0 saturated carbocycles. The predicted molar refractivity (Wildman–Crippen MR) is 112 cm³/mol. The van der Waals surface area contributed by atoms with E-state index in [0.717, 1.165) is 36.9 Å². The lowest BCUT2D eigenvalue weighted by Crippen LogP contribution is -2.44. The van der Waals surface area contributed by atoms with Gasteiger partial charge in [0.2, 0.25) is 0 Å². The van der Waals surface area contributed by atoms with Crippen LogP contribution in [0.25, 0.3) is 10.9 Å². The normalized spacial score (nSPS) is 21.4. The monoisotopic (exact) mass is 382 g/mol. The van der Waals surface area contributed by atoms with Crippen LogP contribution >= 0.6 is 0 Å². The molecule has 2 atom stereocenters. The molecule has 1 aliphatic heterocycles. The SMILES string of the molecule is CCN(CC)C(=O)Nn1cc2c3c(c(C(C)=O)ccc31)[C@H]1CCCN(C)[C@@H]1C2. The lowest BCUT2D eigenvalue weighted by molar-refractivity contribution is 0.101. The molecule has 0 unspecified atom stereocenters. The van der Waals surface area contributed by atoms with E-state index in [9.17, 15) is 9.59 Å². The van der Waals surface area contributed by atoms with E-state index in [1.54, 1.807) is 11.8 Å². The first-order valence-electron chi connectivity index (χ1n) is 10.4. The Hall–Kier alpha value is -2.34.